The smallest absolute Gasteiger partial charge is 0.262 e. The fourth-order valence-electron chi connectivity index (χ4n) is 0.902. The summed E-state index contributed by atoms with van der Waals surface area (Å²) in [6, 6.07) is 0. The molecule has 1 aromatic heterocycles. The van der Waals surface area contributed by atoms with E-state index in [1.54, 1.807) is 0 Å². The van der Waals surface area contributed by atoms with Crippen molar-refractivity contribution in [2.75, 3.05) is 6.54 Å². The van der Waals surface area contributed by atoms with Gasteiger partial charge in [0.1, 0.15) is 4.88 Å². The van der Waals surface area contributed by atoms with E-state index in [1.807, 2.05) is 19.2 Å². The van der Waals surface area contributed by atoms with Crippen LogP contribution >= 0.6 is 22.9 Å². The lowest BCUT2D eigenvalue weighted by Crippen LogP contribution is -2.23. The van der Waals surface area contributed by atoms with Gasteiger partial charge in [0.05, 0.1) is 5.02 Å². The van der Waals surface area contributed by atoms with Crippen molar-refractivity contribution in [2.24, 2.45) is 0 Å². The van der Waals surface area contributed by atoms with Gasteiger partial charge < -0.3 is 5.32 Å². The van der Waals surface area contributed by atoms with Gasteiger partial charge in [-0.2, -0.15) is 0 Å². The summed E-state index contributed by atoms with van der Waals surface area (Å²) < 4.78 is 0. The number of carbonyl (C=O) groups is 1. The zero-order valence-corrected chi connectivity index (χ0v) is 9.26. The molecule has 1 amide bonds. The Morgan fingerprint density at radius 2 is 2.38 bits per heavy atom. The molecule has 2 nitrogen and oxygen atoms in total. The number of aryl methyl sites for hydroxylation is 1. The summed E-state index contributed by atoms with van der Waals surface area (Å²) in [5.74, 6) is -0.0649. The molecule has 0 radical (unpaired) electrons. The molecule has 0 saturated carbocycles. The highest BCUT2D eigenvalue weighted by atomic mass is 35.5. The van der Waals surface area contributed by atoms with Crippen molar-refractivity contribution in [3.05, 3.63) is 20.8 Å². The summed E-state index contributed by atoms with van der Waals surface area (Å²) in [5, 5.41) is 5.26. The van der Waals surface area contributed by atoms with Crippen LogP contribution in [0.25, 0.3) is 0 Å². The van der Waals surface area contributed by atoms with Crippen LogP contribution in [0, 0.1) is 6.92 Å². The lowest BCUT2D eigenvalue weighted by molar-refractivity contribution is 0.0958. The molecule has 0 aromatic carbocycles. The predicted molar refractivity (Wildman–Crippen MR) is 56.7 cm³/mol. The third-order valence-corrected chi connectivity index (χ3v) is 3.34. The molecule has 1 rings (SSSR count). The Hall–Kier alpha value is -0.540. The van der Waals surface area contributed by atoms with E-state index in [9.17, 15) is 4.79 Å². The van der Waals surface area contributed by atoms with E-state index in [-0.39, 0.29) is 5.91 Å². The quantitative estimate of drug-likeness (QED) is 0.829. The van der Waals surface area contributed by atoms with Crippen molar-refractivity contribution in [1.82, 2.24) is 5.32 Å². The molecule has 1 N–H and O–H groups in total. The molecule has 1 aromatic rings. The van der Waals surface area contributed by atoms with Crippen LogP contribution in [0.5, 0.6) is 0 Å². The SMILES string of the molecule is CCCNC(=O)c1scc(C)c1Cl. The van der Waals surface area contributed by atoms with E-state index in [0.717, 1.165) is 12.0 Å². The Morgan fingerprint density at radius 3 is 2.85 bits per heavy atom. The molecule has 0 unspecified atom stereocenters. The molecule has 1 heterocycles. The molecule has 0 bridgehead atoms. The van der Waals surface area contributed by atoms with Gasteiger partial charge in [-0.3, -0.25) is 4.79 Å². The number of halogens is 1. The number of hydrogen-bond donors (Lipinski definition) is 1. The largest absolute Gasteiger partial charge is 0.351 e. The van der Waals surface area contributed by atoms with E-state index in [2.05, 4.69) is 5.32 Å². The summed E-state index contributed by atoms with van der Waals surface area (Å²) in [6.45, 7) is 4.61. The molecule has 72 valence electrons. The second-order valence-electron chi connectivity index (χ2n) is 2.82. The first-order chi connectivity index (χ1) is 6.16. The third-order valence-electron chi connectivity index (χ3n) is 1.64. The highest BCUT2D eigenvalue weighted by Gasteiger charge is 2.13. The van der Waals surface area contributed by atoms with E-state index in [4.69, 9.17) is 11.6 Å². The van der Waals surface area contributed by atoms with Crippen LogP contribution in [-0.2, 0) is 0 Å². The van der Waals surface area contributed by atoms with Gasteiger partial charge in [-0.15, -0.1) is 11.3 Å². The van der Waals surface area contributed by atoms with Gasteiger partial charge in [0.2, 0.25) is 0 Å². The standard InChI is InChI=1S/C9H12ClNOS/c1-3-4-11-9(12)8-7(10)6(2)5-13-8/h5H,3-4H2,1-2H3,(H,11,12). The molecule has 13 heavy (non-hydrogen) atoms. The fourth-order valence-corrected chi connectivity index (χ4v) is 2.10. The van der Waals surface area contributed by atoms with E-state index < -0.39 is 0 Å². The van der Waals surface area contributed by atoms with Gasteiger partial charge in [-0.1, -0.05) is 18.5 Å². The first-order valence-corrected chi connectivity index (χ1v) is 5.44. The topological polar surface area (TPSA) is 29.1 Å². The van der Waals surface area contributed by atoms with Crippen molar-refractivity contribution in [3.63, 3.8) is 0 Å². The maximum Gasteiger partial charge on any atom is 0.262 e. The average molecular weight is 218 g/mol. The van der Waals surface area contributed by atoms with Gasteiger partial charge in [0, 0.05) is 6.54 Å². The monoisotopic (exact) mass is 217 g/mol. The highest BCUT2D eigenvalue weighted by Crippen LogP contribution is 2.26. The van der Waals surface area contributed by atoms with Crippen molar-refractivity contribution in [2.45, 2.75) is 20.3 Å². The minimum absolute atomic E-state index is 0.0649. The molecular weight excluding hydrogens is 206 g/mol. The predicted octanol–water partition coefficient (Wildman–Crippen LogP) is 2.85. The summed E-state index contributed by atoms with van der Waals surface area (Å²) in [7, 11) is 0. The second kappa shape index (κ2) is 4.63. The van der Waals surface area contributed by atoms with Crippen LogP contribution in [0.1, 0.15) is 28.6 Å². The van der Waals surface area contributed by atoms with Gasteiger partial charge in [0.15, 0.2) is 0 Å². The molecule has 4 heteroatoms. The minimum Gasteiger partial charge on any atom is -0.351 e. The van der Waals surface area contributed by atoms with Gasteiger partial charge in [0.25, 0.3) is 5.91 Å². The third kappa shape index (κ3) is 2.45. The average Bonchev–Trinajstić information content (AvgIpc) is 2.44. The maximum absolute atomic E-state index is 11.5. The Bertz CT molecular complexity index is 309. The lowest BCUT2D eigenvalue weighted by atomic mass is 10.3. The number of carbonyl (C=O) groups excluding carboxylic acids is 1. The van der Waals surface area contributed by atoms with Crippen LogP contribution in [0.2, 0.25) is 5.02 Å². The van der Waals surface area contributed by atoms with Crippen LogP contribution in [0.4, 0.5) is 0 Å². The number of rotatable bonds is 3. The van der Waals surface area contributed by atoms with Crippen molar-refractivity contribution in [3.8, 4) is 0 Å². The summed E-state index contributed by atoms with van der Waals surface area (Å²) in [6.07, 6.45) is 0.938. The summed E-state index contributed by atoms with van der Waals surface area (Å²) >= 11 is 7.32. The Balaban J connectivity index is 2.71. The molecule has 0 saturated heterocycles. The Labute approximate surface area is 86.9 Å². The molecule has 0 aliphatic carbocycles. The van der Waals surface area contributed by atoms with E-state index in [0.29, 0.717) is 16.4 Å². The Morgan fingerprint density at radius 1 is 1.69 bits per heavy atom. The first kappa shape index (κ1) is 10.5. The van der Waals surface area contributed by atoms with Crippen LogP contribution in [-0.4, -0.2) is 12.5 Å². The number of hydrogen-bond acceptors (Lipinski definition) is 2. The number of amides is 1. The molecular formula is C9H12ClNOS. The molecule has 0 aliphatic heterocycles. The number of nitrogens with one attached hydrogen (secondary N) is 1. The lowest BCUT2D eigenvalue weighted by Gasteiger charge is -2.00. The van der Waals surface area contributed by atoms with E-state index in [1.165, 1.54) is 11.3 Å². The maximum atomic E-state index is 11.5. The van der Waals surface area contributed by atoms with E-state index >= 15 is 0 Å². The van der Waals surface area contributed by atoms with Gasteiger partial charge in [-0.25, -0.2) is 0 Å². The molecule has 0 aliphatic rings. The first-order valence-electron chi connectivity index (χ1n) is 4.18. The van der Waals surface area contributed by atoms with Crippen LogP contribution in [0.3, 0.4) is 0 Å². The zero-order valence-electron chi connectivity index (χ0n) is 7.69. The molecule has 0 atom stereocenters. The van der Waals surface area contributed by atoms with Gasteiger partial charge >= 0.3 is 0 Å². The molecule has 0 spiro atoms. The van der Waals surface area contributed by atoms with Crippen molar-refractivity contribution in [1.29, 1.82) is 0 Å². The fraction of sp³-hybridized carbons (Fsp3) is 0.444. The Kier molecular flexibility index (Phi) is 3.75. The van der Waals surface area contributed by atoms with Crippen molar-refractivity contribution >= 4 is 28.8 Å². The van der Waals surface area contributed by atoms with Crippen molar-refractivity contribution < 1.29 is 4.79 Å². The van der Waals surface area contributed by atoms with Crippen LogP contribution in [0.15, 0.2) is 5.38 Å². The number of thiophene rings is 1. The van der Waals surface area contributed by atoms with Crippen LogP contribution < -0.4 is 5.32 Å². The minimum atomic E-state index is -0.0649. The molecule has 0 fully saturated rings. The van der Waals surface area contributed by atoms with Gasteiger partial charge in [-0.05, 0) is 24.3 Å². The second-order valence-corrected chi connectivity index (χ2v) is 4.08. The summed E-state index contributed by atoms with van der Waals surface area (Å²) in [4.78, 5) is 12.1. The summed E-state index contributed by atoms with van der Waals surface area (Å²) in [5.41, 5.74) is 0.966. The highest BCUT2D eigenvalue weighted by molar-refractivity contribution is 7.13. The normalized spacial score (nSPS) is 10.1. The zero-order chi connectivity index (χ0) is 9.84.